The number of aliphatic hydroxyl groups is 1. The largest absolute Gasteiger partial charge is 0.472 e. The minimum absolute atomic E-state index is 0.0167. The van der Waals surface area contributed by atoms with Gasteiger partial charge in [-0.25, -0.2) is 4.79 Å². The Kier molecular flexibility index (Phi) is 5.54. The molecule has 45 heavy (non-hydrogen) atoms. The van der Waals surface area contributed by atoms with Crippen molar-refractivity contribution in [1.82, 2.24) is 0 Å². The molecule has 4 aliphatic carbocycles. The number of hydrogen-bond donors (Lipinski definition) is 1. The van der Waals surface area contributed by atoms with Gasteiger partial charge in [-0.3, -0.25) is 9.59 Å². The molecule has 8 aliphatic rings. The van der Waals surface area contributed by atoms with Crippen LogP contribution in [0.25, 0.3) is 0 Å². The van der Waals surface area contributed by atoms with Crippen molar-refractivity contribution in [2.75, 3.05) is 6.61 Å². The number of esters is 2. The number of furan rings is 1. The number of fused-ring (bicyclic) bond motifs is 1. The average molecular weight is 623 g/mol. The molecule has 0 amide bonds. The van der Waals surface area contributed by atoms with Crippen LogP contribution in [-0.4, -0.2) is 58.9 Å². The zero-order chi connectivity index (χ0) is 31.5. The molecule has 1 aromatic heterocycles. The van der Waals surface area contributed by atoms with Crippen LogP contribution < -0.4 is 0 Å². The van der Waals surface area contributed by atoms with Crippen LogP contribution in [-0.2, 0) is 33.3 Å². The summed E-state index contributed by atoms with van der Waals surface area (Å²) in [6.07, 6.45) is 6.65. The molecule has 244 valence electrons. The number of Topliss-reactive ketones (excluding diaryl/α,β-unsaturated/α-hetero) is 1. The maximum Gasteiger partial charge on any atom is 0.339 e. The summed E-state index contributed by atoms with van der Waals surface area (Å²) in [7, 11) is 0. The van der Waals surface area contributed by atoms with Crippen LogP contribution in [0.5, 0.6) is 0 Å². The molecule has 2 bridgehead atoms. The fraction of sp³-hybridized carbons (Fsp3) is 0.806. The van der Waals surface area contributed by atoms with E-state index in [-0.39, 0.29) is 35.6 Å². The van der Waals surface area contributed by atoms with Gasteiger partial charge in [0.25, 0.3) is 0 Å². The molecule has 0 radical (unpaired) electrons. The molecule has 8 fully saturated rings. The van der Waals surface area contributed by atoms with Crippen molar-refractivity contribution < 1.29 is 42.9 Å². The molecule has 9 rings (SSSR count). The number of ketones is 1. The van der Waals surface area contributed by atoms with Gasteiger partial charge in [0, 0.05) is 21.8 Å². The third-order valence-corrected chi connectivity index (χ3v) is 14.9. The highest BCUT2D eigenvalue weighted by molar-refractivity contribution is 5.92. The number of ether oxygens (including phenoxy) is 4. The molecule has 1 N–H and O–H groups in total. The number of cyclic esters (lactones) is 2. The number of carbonyl (C=O) groups excluding carboxylic acids is 3. The van der Waals surface area contributed by atoms with Gasteiger partial charge in [-0.1, -0.05) is 40.5 Å². The van der Waals surface area contributed by atoms with Crippen LogP contribution >= 0.6 is 0 Å². The van der Waals surface area contributed by atoms with E-state index >= 15 is 4.79 Å². The van der Waals surface area contributed by atoms with Crippen LogP contribution in [0.2, 0.25) is 0 Å². The van der Waals surface area contributed by atoms with Gasteiger partial charge in [0.15, 0.2) is 11.9 Å². The minimum Gasteiger partial charge on any atom is -0.472 e. The Morgan fingerprint density at radius 3 is 2.44 bits per heavy atom. The Bertz CT molecular complexity index is 1480. The van der Waals surface area contributed by atoms with E-state index in [2.05, 4.69) is 20.8 Å². The standard InChI is InChI=1S/C36H46O9/c1-18(2)8-12-32(4)24-22(37)25(38)33(5)23-20(14-31(3)26(19-9-13-41-16-19)43-30(40)28-36(31,33)45-28)15-34(10-6-7-11-34)21-27(44-32)35(23,24)17-42-29(21)39/h9,13,16,18,20-21,23-28,38H,6-8,10-12,14-15,17H2,1-5H3. The van der Waals surface area contributed by atoms with E-state index in [9.17, 15) is 14.7 Å². The van der Waals surface area contributed by atoms with E-state index < -0.39 is 69.7 Å². The van der Waals surface area contributed by atoms with E-state index in [1.807, 2.05) is 19.9 Å². The first-order valence-electron chi connectivity index (χ1n) is 17.3. The Balaban J connectivity index is 1.31. The third-order valence-electron chi connectivity index (χ3n) is 14.9. The number of carbonyl (C=O) groups is 3. The van der Waals surface area contributed by atoms with Crippen molar-refractivity contribution in [1.29, 1.82) is 0 Å². The summed E-state index contributed by atoms with van der Waals surface area (Å²) < 4.78 is 31.8. The Hall–Kier alpha value is -2.23. The van der Waals surface area contributed by atoms with Crippen LogP contribution in [0.4, 0.5) is 0 Å². The molecular formula is C36H46O9. The lowest BCUT2D eigenvalue weighted by Gasteiger charge is -2.68. The lowest BCUT2D eigenvalue weighted by Crippen LogP contribution is -2.78. The molecule has 13 atom stereocenters. The van der Waals surface area contributed by atoms with Gasteiger partial charge >= 0.3 is 11.9 Å². The number of epoxide rings is 1. The van der Waals surface area contributed by atoms with Gasteiger partial charge < -0.3 is 28.5 Å². The first kappa shape index (κ1) is 29.0. The smallest absolute Gasteiger partial charge is 0.339 e. The van der Waals surface area contributed by atoms with E-state index in [0.717, 1.165) is 44.1 Å². The van der Waals surface area contributed by atoms with Crippen molar-refractivity contribution >= 4 is 17.7 Å². The van der Waals surface area contributed by atoms with Crippen LogP contribution in [0.15, 0.2) is 23.0 Å². The topological polar surface area (TPSA) is 125 Å². The second-order valence-electron chi connectivity index (χ2n) is 17.2. The zero-order valence-electron chi connectivity index (χ0n) is 27.0. The van der Waals surface area contributed by atoms with Crippen LogP contribution in [0.3, 0.4) is 0 Å². The fourth-order valence-corrected chi connectivity index (χ4v) is 13.6. The second kappa shape index (κ2) is 8.62. The maximum absolute atomic E-state index is 15.1. The van der Waals surface area contributed by atoms with Gasteiger partial charge in [-0.2, -0.15) is 0 Å². The molecule has 4 saturated heterocycles. The Labute approximate surface area is 264 Å². The van der Waals surface area contributed by atoms with E-state index in [1.165, 1.54) is 0 Å². The summed E-state index contributed by atoms with van der Waals surface area (Å²) in [6, 6.07) is 1.83. The molecule has 4 aliphatic heterocycles. The molecule has 5 heterocycles. The lowest BCUT2D eigenvalue weighted by molar-refractivity contribution is -0.266. The highest BCUT2D eigenvalue weighted by Gasteiger charge is 2.93. The fourth-order valence-electron chi connectivity index (χ4n) is 13.6. The predicted octanol–water partition coefficient (Wildman–Crippen LogP) is 4.94. The summed E-state index contributed by atoms with van der Waals surface area (Å²) in [5, 5.41) is 12.6. The Morgan fingerprint density at radius 1 is 1.00 bits per heavy atom. The normalized spacial score (nSPS) is 53.4. The van der Waals surface area contributed by atoms with Gasteiger partial charge in [0.2, 0.25) is 0 Å². The predicted molar refractivity (Wildman–Crippen MR) is 157 cm³/mol. The quantitative estimate of drug-likeness (QED) is 0.367. The average Bonchev–Trinajstić information content (AvgIpc) is 3.25. The number of hydrogen-bond acceptors (Lipinski definition) is 9. The highest BCUT2D eigenvalue weighted by atomic mass is 16.7. The maximum atomic E-state index is 15.1. The van der Waals surface area contributed by atoms with Gasteiger partial charge in [-0.15, -0.1) is 0 Å². The molecule has 9 heteroatoms. The summed E-state index contributed by atoms with van der Waals surface area (Å²) in [4.78, 5) is 42.8. The first-order valence-corrected chi connectivity index (χ1v) is 17.3. The summed E-state index contributed by atoms with van der Waals surface area (Å²) in [5.41, 5.74) is -4.29. The monoisotopic (exact) mass is 622 g/mol. The zero-order valence-corrected chi connectivity index (χ0v) is 27.0. The van der Waals surface area contributed by atoms with Crippen molar-refractivity contribution in [2.24, 2.45) is 51.2 Å². The summed E-state index contributed by atoms with van der Waals surface area (Å²) in [6.45, 7) is 10.6. The summed E-state index contributed by atoms with van der Waals surface area (Å²) in [5.74, 6) is -1.87. The van der Waals surface area contributed by atoms with Crippen LogP contribution in [0, 0.1) is 51.2 Å². The van der Waals surface area contributed by atoms with Crippen molar-refractivity contribution in [2.45, 2.75) is 122 Å². The van der Waals surface area contributed by atoms with E-state index in [1.54, 1.807) is 12.5 Å². The van der Waals surface area contributed by atoms with Crippen LogP contribution in [0.1, 0.15) is 97.7 Å². The van der Waals surface area contributed by atoms with Crippen molar-refractivity contribution in [3.63, 3.8) is 0 Å². The lowest BCUT2D eigenvalue weighted by atomic mass is 9.34. The Morgan fingerprint density at radius 2 is 1.76 bits per heavy atom. The van der Waals surface area contributed by atoms with E-state index in [4.69, 9.17) is 23.4 Å². The highest BCUT2D eigenvalue weighted by Crippen LogP contribution is 2.83. The molecule has 0 aromatic carbocycles. The first-order chi connectivity index (χ1) is 21.3. The SMILES string of the molecule is CC(C)CCC1(C)OC2C3C(=O)OCC24C1C(=O)C(O)C1(C)C4C(CC32CCCC2)CC2(C)C(c3ccoc3)OC(=O)C3OC321. The second-order valence-corrected chi connectivity index (χ2v) is 17.2. The van der Waals surface area contributed by atoms with Crippen molar-refractivity contribution in [3.8, 4) is 0 Å². The van der Waals surface area contributed by atoms with Crippen molar-refractivity contribution in [3.05, 3.63) is 24.2 Å². The molecule has 1 aromatic rings. The molecule has 9 nitrogen and oxygen atoms in total. The molecule has 13 unspecified atom stereocenters. The number of aliphatic hydroxyl groups excluding tert-OH is 1. The molecule has 3 spiro atoms. The summed E-state index contributed by atoms with van der Waals surface area (Å²) >= 11 is 0. The molecular weight excluding hydrogens is 576 g/mol. The van der Waals surface area contributed by atoms with Gasteiger partial charge in [-0.05, 0) is 74.7 Å². The molecule has 4 saturated carbocycles. The minimum atomic E-state index is -1.38. The third kappa shape index (κ3) is 3.03. The van der Waals surface area contributed by atoms with Gasteiger partial charge in [0.05, 0.1) is 36.1 Å². The van der Waals surface area contributed by atoms with Gasteiger partial charge in [0.1, 0.15) is 24.4 Å². The van der Waals surface area contributed by atoms with E-state index in [0.29, 0.717) is 18.8 Å². The number of rotatable bonds is 4.